The Morgan fingerprint density at radius 1 is 1.00 bits per heavy atom. The lowest BCUT2D eigenvalue weighted by Crippen LogP contribution is -2.11. The van der Waals surface area contributed by atoms with Crippen molar-refractivity contribution in [3.8, 4) is 0 Å². The SMILES string of the molecule is CCCCCc1ccccc1CCNC.CN. The lowest BCUT2D eigenvalue weighted by atomic mass is 9.99. The third-order valence-electron chi connectivity index (χ3n) is 2.81. The zero-order chi connectivity index (χ0) is 12.9. The Morgan fingerprint density at radius 3 is 2.12 bits per heavy atom. The zero-order valence-corrected chi connectivity index (χ0v) is 11.6. The molecule has 0 aliphatic carbocycles. The summed E-state index contributed by atoms with van der Waals surface area (Å²) in [6.07, 6.45) is 6.37. The Balaban J connectivity index is 0.00000121. The number of aryl methyl sites for hydroxylation is 1. The third-order valence-corrected chi connectivity index (χ3v) is 2.81. The number of likely N-dealkylation sites (N-methyl/N-ethyl adjacent to an activating group) is 1. The van der Waals surface area contributed by atoms with Crippen LogP contribution in [0.25, 0.3) is 0 Å². The van der Waals surface area contributed by atoms with Gasteiger partial charge < -0.3 is 11.1 Å². The van der Waals surface area contributed by atoms with Gasteiger partial charge in [-0.15, -0.1) is 0 Å². The highest BCUT2D eigenvalue weighted by Crippen LogP contribution is 2.13. The molecule has 3 N–H and O–H groups in total. The topological polar surface area (TPSA) is 38.0 Å². The molecular weight excluding hydrogens is 208 g/mol. The van der Waals surface area contributed by atoms with Gasteiger partial charge in [0.05, 0.1) is 0 Å². The largest absolute Gasteiger partial charge is 0.333 e. The molecule has 0 aliphatic heterocycles. The molecule has 0 atom stereocenters. The van der Waals surface area contributed by atoms with Crippen molar-refractivity contribution in [2.45, 2.75) is 39.0 Å². The lowest BCUT2D eigenvalue weighted by Gasteiger charge is -2.08. The molecule has 0 aromatic heterocycles. The minimum absolute atomic E-state index is 1.07. The summed E-state index contributed by atoms with van der Waals surface area (Å²) in [6.45, 7) is 3.33. The van der Waals surface area contributed by atoms with Crippen LogP contribution >= 0.6 is 0 Å². The molecule has 0 saturated heterocycles. The van der Waals surface area contributed by atoms with Gasteiger partial charge in [-0.2, -0.15) is 0 Å². The summed E-state index contributed by atoms with van der Waals surface area (Å²) in [4.78, 5) is 0. The Bertz CT molecular complexity index is 271. The molecule has 0 bridgehead atoms. The highest BCUT2D eigenvalue weighted by Gasteiger charge is 2.00. The van der Waals surface area contributed by atoms with Crippen molar-refractivity contribution < 1.29 is 0 Å². The minimum Gasteiger partial charge on any atom is -0.333 e. The highest BCUT2D eigenvalue weighted by atomic mass is 14.8. The quantitative estimate of drug-likeness (QED) is 0.714. The van der Waals surface area contributed by atoms with E-state index in [2.05, 4.69) is 42.2 Å². The van der Waals surface area contributed by atoms with Crippen LogP contribution < -0.4 is 11.1 Å². The van der Waals surface area contributed by atoms with Gasteiger partial charge in [0, 0.05) is 0 Å². The molecule has 0 amide bonds. The van der Waals surface area contributed by atoms with Gasteiger partial charge in [0.15, 0.2) is 0 Å². The Kier molecular flexibility index (Phi) is 11.0. The smallest absolute Gasteiger partial charge is 0.00113 e. The standard InChI is InChI=1S/C14H23N.CH5N/c1-3-4-5-8-13-9-6-7-10-14(13)11-12-15-2;1-2/h6-7,9-10,15H,3-5,8,11-12H2,1-2H3;2H2,1H3. The number of hydrogen-bond donors (Lipinski definition) is 2. The van der Waals surface area contributed by atoms with Crippen molar-refractivity contribution in [3.05, 3.63) is 35.4 Å². The van der Waals surface area contributed by atoms with Crippen molar-refractivity contribution >= 4 is 0 Å². The van der Waals surface area contributed by atoms with E-state index in [9.17, 15) is 0 Å². The summed E-state index contributed by atoms with van der Waals surface area (Å²) in [5, 5.41) is 3.21. The molecule has 1 aromatic carbocycles. The molecule has 0 fully saturated rings. The maximum atomic E-state index is 4.50. The number of nitrogens with two attached hydrogens (primary N) is 1. The molecule has 17 heavy (non-hydrogen) atoms. The van der Waals surface area contributed by atoms with E-state index in [1.807, 2.05) is 7.05 Å². The zero-order valence-electron chi connectivity index (χ0n) is 11.6. The van der Waals surface area contributed by atoms with Gasteiger partial charge >= 0.3 is 0 Å². The van der Waals surface area contributed by atoms with Gasteiger partial charge in [-0.05, 0) is 51.0 Å². The molecule has 98 valence electrons. The third kappa shape index (κ3) is 7.14. The average molecular weight is 236 g/mol. The van der Waals surface area contributed by atoms with Crippen LogP contribution in [0.4, 0.5) is 0 Å². The molecule has 2 nitrogen and oxygen atoms in total. The van der Waals surface area contributed by atoms with Gasteiger partial charge in [0.1, 0.15) is 0 Å². The monoisotopic (exact) mass is 236 g/mol. The maximum absolute atomic E-state index is 4.50. The second-order valence-electron chi connectivity index (χ2n) is 4.08. The molecule has 0 heterocycles. The molecule has 2 heteroatoms. The molecule has 0 spiro atoms. The van der Waals surface area contributed by atoms with E-state index >= 15 is 0 Å². The van der Waals surface area contributed by atoms with Gasteiger partial charge in [-0.25, -0.2) is 0 Å². The van der Waals surface area contributed by atoms with Crippen molar-refractivity contribution in [1.82, 2.24) is 5.32 Å². The molecule has 0 unspecified atom stereocenters. The van der Waals surface area contributed by atoms with Crippen molar-refractivity contribution in [1.29, 1.82) is 0 Å². The van der Waals surface area contributed by atoms with Crippen LogP contribution in [0, 0.1) is 0 Å². The second kappa shape index (κ2) is 11.6. The summed E-state index contributed by atoms with van der Waals surface area (Å²) >= 11 is 0. The van der Waals surface area contributed by atoms with Gasteiger partial charge in [0.2, 0.25) is 0 Å². The van der Waals surface area contributed by atoms with Crippen LogP contribution in [-0.4, -0.2) is 20.6 Å². The number of unbranched alkanes of at least 4 members (excludes halogenated alkanes) is 2. The predicted octanol–water partition coefficient (Wildman–Crippen LogP) is 2.76. The van der Waals surface area contributed by atoms with Crippen LogP contribution in [0.1, 0.15) is 37.3 Å². The normalized spacial score (nSPS) is 9.65. The highest BCUT2D eigenvalue weighted by molar-refractivity contribution is 5.27. The van der Waals surface area contributed by atoms with E-state index in [0.717, 1.165) is 13.0 Å². The molecule has 0 radical (unpaired) electrons. The van der Waals surface area contributed by atoms with Crippen LogP contribution in [0.15, 0.2) is 24.3 Å². The van der Waals surface area contributed by atoms with Crippen molar-refractivity contribution in [2.75, 3.05) is 20.6 Å². The lowest BCUT2D eigenvalue weighted by molar-refractivity contribution is 0.708. The molecule has 0 saturated carbocycles. The van der Waals surface area contributed by atoms with Gasteiger partial charge in [-0.1, -0.05) is 44.0 Å². The Hall–Kier alpha value is -0.860. The Morgan fingerprint density at radius 2 is 1.59 bits per heavy atom. The first-order chi connectivity index (χ1) is 8.38. The molecule has 1 aromatic rings. The van der Waals surface area contributed by atoms with Crippen molar-refractivity contribution in [2.24, 2.45) is 5.73 Å². The minimum atomic E-state index is 1.07. The first-order valence-corrected chi connectivity index (χ1v) is 6.67. The van der Waals surface area contributed by atoms with Gasteiger partial charge in [-0.3, -0.25) is 0 Å². The average Bonchev–Trinajstić information content (AvgIpc) is 2.40. The summed E-state index contributed by atoms with van der Waals surface area (Å²) < 4.78 is 0. The summed E-state index contributed by atoms with van der Waals surface area (Å²) in [5.41, 5.74) is 7.56. The maximum Gasteiger partial charge on any atom is -0.00113 e. The predicted molar refractivity (Wildman–Crippen MR) is 77.4 cm³/mol. The number of hydrogen-bond acceptors (Lipinski definition) is 2. The fourth-order valence-corrected chi connectivity index (χ4v) is 1.87. The van der Waals surface area contributed by atoms with E-state index in [1.165, 1.54) is 38.3 Å². The molecular formula is C15H28N2. The van der Waals surface area contributed by atoms with Crippen LogP contribution in [0.2, 0.25) is 0 Å². The molecule has 1 rings (SSSR count). The fraction of sp³-hybridized carbons (Fsp3) is 0.600. The summed E-state index contributed by atoms with van der Waals surface area (Å²) in [7, 11) is 3.51. The van der Waals surface area contributed by atoms with Crippen LogP contribution in [0.3, 0.4) is 0 Å². The summed E-state index contributed by atoms with van der Waals surface area (Å²) in [5.74, 6) is 0. The first-order valence-electron chi connectivity index (χ1n) is 6.67. The van der Waals surface area contributed by atoms with Crippen molar-refractivity contribution in [3.63, 3.8) is 0 Å². The van der Waals surface area contributed by atoms with Crippen LogP contribution in [-0.2, 0) is 12.8 Å². The first kappa shape index (κ1) is 16.1. The number of rotatable bonds is 7. The van der Waals surface area contributed by atoms with E-state index < -0.39 is 0 Å². The molecule has 0 aliphatic rings. The summed E-state index contributed by atoms with van der Waals surface area (Å²) in [6, 6.07) is 8.84. The second-order valence-corrected chi connectivity index (χ2v) is 4.08. The fourth-order valence-electron chi connectivity index (χ4n) is 1.87. The van der Waals surface area contributed by atoms with Gasteiger partial charge in [0.25, 0.3) is 0 Å². The number of benzene rings is 1. The van der Waals surface area contributed by atoms with E-state index in [0.29, 0.717) is 0 Å². The van der Waals surface area contributed by atoms with E-state index in [-0.39, 0.29) is 0 Å². The Labute approximate surface area is 107 Å². The van der Waals surface area contributed by atoms with E-state index in [4.69, 9.17) is 0 Å². The van der Waals surface area contributed by atoms with Crippen LogP contribution in [0.5, 0.6) is 0 Å². The van der Waals surface area contributed by atoms with E-state index in [1.54, 1.807) is 5.56 Å². The number of nitrogens with one attached hydrogen (secondary N) is 1.